The molecular formula is C30H25O2Si3. The Labute approximate surface area is 212 Å². The smallest absolute Gasteiger partial charge is 0.402 e. The molecule has 35 heavy (non-hydrogen) atoms. The van der Waals surface area contributed by atoms with Crippen LogP contribution in [0.15, 0.2) is 152 Å². The minimum Gasteiger partial charge on any atom is -0.424 e. The van der Waals surface area contributed by atoms with Crippen molar-refractivity contribution in [3.63, 3.8) is 0 Å². The quantitative estimate of drug-likeness (QED) is 0.289. The van der Waals surface area contributed by atoms with Gasteiger partial charge >= 0.3 is 9.28 Å². The molecule has 0 aromatic heterocycles. The van der Waals surface area contributed by atoms with Gasteiger partial charge in [0, 0.05) is 0 Å². The summed E-state index contributed by atoms with van der Waals surface area (Å²) in [7, 11) is -4.85. The van der Waals surface area contributed by atoms with Crippen molar-refractivity contribution in [2.24, 2.45) is 0 Å². The highest BCUT2D eigenvalue weighted by atomic mass is 28.4. The molecule has 0 saturated heterocycles. The maximum Gasteiger partial charge on any atom is 0.402 e. The normalized spacial score (nSPS) is 11.3. The molecular weight excluding hydrogens is 477 g/mol. The molecule has 0 N–H and O–H groups in total. The monoisotopic (exact) mass is 501 g/mol. The molecule has 169 valence electrons. The van der Waals surface area contributed by atoms with Crippen molar-refractivity contribution in [2.45, 2.75) is 0 Å². The van der Waals surface area contributed by atoms with E-state index in [1.54, 1.807) is 0 Å². The zero-order valence-corrected chi connectivity index (χ0v) is 22.3. The van der Waals surface area contributed by atoms with Crippen LogP contribution in [0.4, 0.5) is 0 Å². The fraction of sp³-hybridized carbons (Fsp3) is 0. The predicted octanol–water partition coefficient (Wildman–Crippen LogP) is 3.03. The second-order valence-electron chi connectivity index (χ2n) is 7.98. The Kier molecular flexibility index (Phi) is 7.95. The Morgan fingerprint density at radius 3 is 0.771 bits per heavy atom. The van der Waals surface area contributed by atoms with E-state index in [4.69, 9.17) is 8.23 Å². The third-order valence-electron chi connectivity index (χ3n) is 5.54. The summed E-state index contributed by atoms with van der Waals surface area (Å²) >= 11 is 0. The second kappa shape index (κ2) is 11.9. The molecule has 0 fully saturated rings. The van der Waals surface area contributed by atoms with E-state index in [1.165, 1.54) is 20.7 Å². The lowest BCUT2D eigenvalue weighted by Crippen LogP contribution is -2.57. The highest BCUT2D eigenvalue weighted by Gasteiger charge is 2.32. The van der Waals surface area contributed by atoms with Gasteiger partial charge in [-0.3, -0.25) is 0 Å². The third-order valence-corrected chi connectivity index (χ3v) is 12.9. The summed E-state index contributed by atoms with van der Waals surface area (Å²) in [5.41, 5.74) is 0. The molecule has 0 amide bonds. The van der Waals surface area contributed by atoms with Crippen LogP contribution in [-0.4, -0.2) is 27.4 Å². The number of rotatable bonds is 9. The molecule has 3 radical (unpaired) electrons. The van der Waals surface area contributed by atoms with Crippen molar-refractivity contribution >= 4 is 53.3 Å². The average Bonchev–Trinajstić information content (AvgIpc) is 2.95. The summed E-state index contributed by atoms with van der Waals surface area (Å²) in [6.07, 6.45) is 0. The van der Waals surface area contributed by atoms with E-state index in [0.717, 1.165) is 5.19 Å². The van der Waals surface area contributed by atoms with Crippen LogP contribution in [0.3, 0.4) is 0 Å². The van der Waals surface area contributed by atoms with Gasteiger partial charge in [0.1, 0.15) is 0 Å². The van der Waals surface area contributed by atoms with Crippen LogP contribution in [0, 0.1) is 0 Å². The van der Waals surface area contributed by atoms with E-state index in [2.05, 4.69) is 146 Å². The molecule has 0 atom stereocenters. The molecule has 0 aliphatic rings. The zero-order valence-electron chi connectivity index (χ0n) is 19.3. The lowest BCUT2D eigenvalue weighted by atomic mass is 10.4. The molecule has 2 nitrogen and oxygen atoms in total. The van der Waals surface area contributed by atoms with Crippen molar-refractivity contribution < 1.29 is 8.23 Å². The summed E-state index contributed by atoms with van der Waals surface area (Å²) in [5, 5.41) is 6.01. The lowest BCUT2D eigenvalue weighted by Gasteiger charge is -2.26. The van der Waals surface area contributed by atoms with Gasteiger partial charge in [-0.15, -0.1) is 0 Å². The van der Waals surface area contributed by atoms with E-state index in [1.807, 2.05) is 6.07 Å². The van der Waals surface area contributed by atoms with Crippen LogP contribution in [0.25, 0.3) is 0 Å². The molecule has 5 rings (SSSR count). The Hall–Kier alpha value is -3.33. The van der Waals surface area contributed by atoms with E-state index in [0.29, 0.717) is 0 Å². The molecule has 5 aromatic rings. The first kappa shape index (κ1) is 23.4. The maximum absolute atomic E-state index is 7.09. The predicted molar refractivity (Wildman–Crippen MR) is 150 cm³/mol. The Morgan fingerprint density at radius 2 is 0.514 bits per heavy atom. The van der Waals surface area contributed by atoms with Gasteiger partial charge in [0.15, 0.2) is 0 Å². The van der Waals surface area contributed by atoms with Crippen LogP contribution in [0.5, 0.6) is 0 Å². The second-order valence-corrected chi connectivity index (χ2v) is 14.4. The van der Waals surface area contributed by atoms with Gasteiger partial charge in [-0.05, 0) is 25.9 Å². The maximum atomic E-state index is 7.09. The number of hydrogen-bond donors (Lipinski definition) is 0. The van der Waals surface area contributed by atoms with Crippen LogP contribution in [0.2, 0.25) is 0 Å². The summed E-state index contributed by atoms with van der Waals surface area (Å²) in [6.45, 7) is 0. The Bertz CT molecular complexity index is 1120. The van der Waals surface area contributed by atoms with Gasteiger partial charge in [0.2, 0.25) is 0 Å². The standard InChI is InChI=1S/C30H25O2Si3/c1-6-16-26(17-7-1)33(27-18-8-2-9-19-27)31-35(30-24-14-5-15-25-30)32-34(28-20-10-3-11-21-28)29-22-12-4-13-23-29/h1-25H. The minimum atomic E-state index is -1.82. The van der Waals surface area contributed by atoms with Gasteiger partial charge < -0.3 is 8.23 Å². The zero-order chi connectivity index (χ0) is 23.7. The van der Waals surface area contributed by atoms with Crippen molar-refractivity contribution in [3.05, 3.63) is 152 Å². The van der Waals surface area contributed by atoms with Gasteiger partial charge in [0.25, 0.3) is 18.1 Å². The average molecular weight is 502 g/mol. The summed E-state index contributed by atoms with van der Waals surface area (Å²) < 4.78 is 14.2. The van der Waals surface area contributed by atoms with Gasteiger partial charge in [-0.25, -0.2) is 0 Å². The van der Waals surface area contributed by atoms with Crippen molar-refractivity contribution in [1.82, 2.24) is 0 Å². The lowest BCUT2D eigenvalue weighted by molar-refractivity contribution is 0.467. The minimum absolute atomic E-state index is 1.13. The molecule has 0 aliphatic carbocycles. The van der Waals surface area contributed by atoms with E-state index >= 15 is 0 Å². The third kappa shape index (κ3) is 6.03. The van der Waals surface area contributed by atoms with E-state index in [-0.39, 0.29) is 0 Å². The number of hydrogen-bond acceptors (Lipinski definition) is 2. The van der Waals surface area contributed by atoms with Crippen molar-refractivity contribution in [1.29, 1.82) is 0 Å². The largest absolute Gasteiger partial charge is 0.424 e. The summed E-state index contributed by atoms with van der Waals surface area (Å²) in [5.74, 6) is 0. The van der Waals surface area contributed by atoms with Crippen molar-refractivity contribution in [3.8, 4) is 0 Å². The molecule has 0 heterocycles. The van der Waals surface area contributed by atoms with Gasteiger partial charge in [-0.1, -0.05) is 152 Å². The number of benzene rings is 5. The molecule has 0 saturated carbocycles. The molecule has 0 spiro atoms. The van der Waals surface area contributed by atoms with Gasteiger partial charge in [0.05, 0.1) is 0 Å². The molecule has 0 bridgehead atoms. The van der Waals surface area contributed by atoms with Crippen LogP contribution < -0.4 is 25.9 Å². The highest BCUT2D eigenvalue weighted by Crippen LogP contribution is 2.04. The SMILES string of the molecule is c1ccc([Si](O[Si](c2ccccc2)c2ccccc2)O[Si](c2ccccc2)c2ccccc2)cc1. The molecule has 0 unspecified atom stereocenters. The van der Waals surface area contributed by atoms with Crippen molar-refractivity contribution in [2.75, 3.05) is 0 Å². The highest BCUT2D eigenvalue weighted by molar-refractivity contribution is 6.90. The Morgan fingerprint density at radius 1 is 0.286 bits per heavy atom. The first-order valence-electron chi connectivity index (χ1n) is 11.6. The van der Waals surface area contributed by atoms with E-state index in [9.17, 15) is 0 Å². The van der Waals surface area contributed by atoms with Gasteiger partial charge in [-0.2, -0.15) is 0 Å². The summed E-state index contributed by atoms with van der Waals surface area (Å²) in [6, 6.07) is 52.8. The molecule has 5 aromatic carbocycles. The molecule has 5 heteroatoms. The van der Waals surface area contributed by atoms with Crippen LogP contribution in [-0.2, 0) is 8.23 Å². The van der Waals surface area contributed by atoms with Crippen LogP contribution >= 0.6 is 0 Å². The van der Waals surface area contributed by atoms with Crippen LogP contribution in [0.1, 0.15) is 0 Å². The fourth-order valence-corrected chi connectivity index (χ4v) is 11.8. The first-order valence-corrected chi connectivity index (χ1v) is 15.8. The molecule has 0 aliphatic heterocycles. The fourth-order valence-electron chi connectivity index (χ4n) is 3.83. The summed E-state index contributed by atoms with van der Waals surface area (Å²) in [4.78, 5) is 0. The first-order chi connectivity index (χ1) is 17.4. The Balaban J connectivity index is 1.55. The van der Waals surface area contributed by atoms with E-state index < -0.39 is 27.4 Å². The topological polar surface area (TPSA) is 18.5 Å².